The second-order valence-corrected chi connectivity index (χ2v) is 8.01. The SMILES string of the molecule is C#CN(C(=O)C(C)NC(=O)OC(C)(C)C)C(C(=O)NCCC(=O)OCC)c1ccccc1O. The van der Waals surface area contributed by atoms with Crippen LogP contribution in [-0.4, -0.2) is 58.7 Å². The minimum Gasteiger partial charge on any atom is -0.508 e. The Hall–Kier alpha value is -3.74. The molecule has 10 nitrogen and oxygen atoms in total. The van der Waals surface area contributed by atoms with E-state index in [0.29, 0.717) is 0 Å². The van der Waals surface area contributed by atoms with E-state index in [9.17, 15) is 24.3 Å². The van der Waals surface area contributed by atoms with E-state index in [1.54, 1.807) is 39.8 Å². The highest BCUT2D eigenvalue weighted by Crippen LogP contribution is 2.29. The summed E-state index contributed by atoms with van der Waals surface area (Å²) in [5.41, 5.74) is -0.711. The number of ether oxygens (including phenoxy) is 2. The first-order valence-corrected chi connectivity index (χ1v) is 10.4. The highest BCUT2D eigenvalue weighted by Gasteiger charge is 2.35. The molecule has 0 aliphatic rings. The Bertz CT molecular complexity index is 902. The minimum atomic E-state index is -1.42. The number of phenols is 1. The van der Waals surface area contributed by atoms with Gasteiger partial charge in [0.2, 0.25) is 5.91 Å². The van der Waals surface area contributed by atoms with Crippen LogP contribution < -0.4 is 10.6 Å². The number of nitrogens with one attached hydrogen (secondary N) is 2. The van der Waals surface area contributed by atoms with Crippen LogP contribution in [0, 0.1) is 12.5 Å². The lowest BCUT2D eigenvalue weighted by molar-refractivity contribution is -0.143. The molecule has 1 rings (SSSR count). The zero-order valence-corrected chi connectivity index (χ0v) is 19.5. The summed E-state index contributed by atoms with van der Waals surface area (Å²) in [6.45, 7) is 8.19. The number of carbonyl (C=O) groups is 4. The number of aromatic hydroxyl groups is 1. The van der Waals surface area contributed by atoms with Gasteiger partial charge in [0.25, 0.3) is 5.91 Å². The Morgan fingerprint density at radius 1 is 1.21 bits per heavy atom. The van der Waals surface area contributed by atoms with E-state index in [1.165, 1.54) is 19.1 Å². The maximum atomic E-state index is 13.1. The number of carbonyl (C=O) groups excluding carboxylic acids is 4. The van der Waals surface area contributed by atoms with Crippen molar-refractivity contribution in [3.8, 4) is 18.2 Å². The van der Waals surface area contributed by atoms with E-state index in [1.807, 2.05) is 0 Å². The number of alkyl carbamates (subject to hydrolysis) is 1. The van der Waals surface area contributed by atoms with E-state index in [0.717, 1.165) is 4.90 Å². The Labute approximate surface area is 193 Å². The van der Waals surface area contributed by atoms with Crippen molar-refractivity contribution in [3.05, 3.63) is 29.8 Å². The van der Waals surface area contributed by atoms with Crippen LogP contribution in [-0.2, 0) is 23.9 Å². The zero-order valence-electron chi connectivity index (χ0n) is 19.5. The first kappa shape index (κ1) is 27.3. The molecule has 0 aromatic heterocycles. The van der Waals surface area contributed by atoms with Crippen LogP contribution in [0.25, 0.3) is 0 Å². The van der Waals surface area contributed by atoms with Crippen molar-refractivity contribution >= 4 is 23.9 Å². The predicted molar refractivity (Wildman–Crippen MR) is 120 cm³/mol. The number of hydrogen-bond donors (Lipinski definition) is 3. The fraction of sp³-hybridized carbons (Fsp3) is 0.478. The molecule has 0 aliphatic carbocycles. The minimum absolute atomic E-state index is 0.0694. The first-order chi connectivity index (χ1) is 15.4. The van der Waals surface area contributed by atoms with Crippen LogP contribution in [0.2, 0.25) is 0 Å². The molecule has 1 aromatic carbocycles. The summed E-state index contributed by atoms with van der Waals surface area (Å²) in [6.07, 6.45) is 4.64. The van der Waals surface area contributed by atoms with E-state index in [2.05, 4.69) is 16.7 Å². The summed E-state index contributed by atoms with van der Waals surface area (Å²) in [4.78, 5) is 50.4. The number of rotatable bonds is 9. The highest BCUT2D eigenvalue weighted by atomic mass is 16.6. The largest absolute Gasteiger partial charge is 0.508 e. The Kier molecular flexibility index (Phi) is 10.2. The monoisotopic (exact) mass is 461 g/mol. The first-order valence-electron chi connectivity index (χ1n) is 10.4. The van der Waals surface area contributed by atoms with Gasteiger partial charge in [0.1, 0.15) is 17.4 Å². The molecule has 3 amide bonds. The van der Waals surface area contributed by atoms with Crippen molar-refractivity contribution in [1.82, 2.24) is 15.5 Å². The molecule has 0 aliphatic heterocycles. The summed E-state index contributed by atoms with van der Waals surface area (Å²) in [7, 11) is 0. The fourth-order valence-electron chi connectivity index (χ4n) is 2.75. The van der Waals surface area contributed by atoms with Gasteiger partial charge in [-0.1, -0.05) is 24.6 Å². The zero-order chi connectivity index (χ0) is 25.2. The number of amides is 3. The molecular weight excluding hydrogens is 430 g/mol. The number of para-hydroxylation sites is 1. The van der Waals surface area contributed by atoms with Gasteiger partial charge in [-0.25, -0.2) is 4.79 Å². The molecule has 0 heterocycles. The van der Waals surface area contributed by atoms with Gasteiger partial charge in [0.15, 0.2) is 6.04 Å². The molecule has 0 radical (unpaired) electrons. The van der Waals surface area contributed by atoms with Gasteiger partial charge >= 0.3 is 12.1 Å². The molecule has 2 atom stereocenters. The summed E-state index contributed by atoms with van der Waals surface area (Å²) in [5.74, 6) is -2.27. The van der Waals surface area contributed by atoms with Crippen LogP contribution in [0.3, 0.4) is 0 Å². The van der Waals surface area contributed by atoms with Crippen molar-refractivity contribution in [2.75, 3.05) is 13.2 Å². The molecule has 1 aromatic rings. The number of phenolic OH excluding ortho intramolecular Hbond substituents is 1. The number of hydrogen-bond acceptors (Lipinski definition) is 7. The molecule has 0 bridgehead atoms. The lowest BCUT2D eigenvalue weighted by Gasteiger charge is -2.29. The number of terminal acetylenes is 1. The predicted octanol–water partition coefficient (Wildman–Crippen LogP) is 1.84. The van der Waals surface area contributed by atoms with E-state index >= 15 is 0 Å². The fourth-order valence-corrected chi connectivity index (χ4v) is 2.75. The third-order valence-corrected chi connectivity index (χ3v) is 4.15. The van der Waals surface area contributed by atoms with Gasteiger partial charge < -0.3 is 25.2 Å². The van der Waals surface area contributed by atoms with Crippen LogP contribution in [0.15, 0.2) is 24.3 Å². The van der Waals surface area contributed by atoms with E-state index in [4.69, 9.17) is 15.9 Å². The normalized spacial score (nSPS) is 12.5. The maximum absolute atomic E-state index is 13.1. The van der Waals surface area contributed by atoms with Gasteiger partial charge in [0, 0.05) is 18.2 Å². The average molecular weight is 462 g/mol. The van der Waals surface area contributed by atoms with E-state index in [-0.39, 0.29) is 30.9 Å². The lowest BCUT2D eigenvalue weighted by atomic mass is 10.0. The van der Waals surface area contributed by atoms with Crippen molar-refractivity contribution in [3.63, 3.8) is 0 Å². The summed E-state index contributed by atoms with van der Waals surface area (Å²) in [6, 6.07) is 5.49. The van der Waals surface area contributed by atoms with Crippen molar-refractivity contribution in [2.45, 2.75) is 58.7 Å². The molecule has 0 saturated heterocycles. The smallest absolute Gasteiger partial charge is 0.408 e. The van der Waals surface area contributed by atoms with Crippen LogP contribution in [0.1, 0.15) is 52.6 Å². The van der Waals surface area contributed by atoms with Crippen molar-refractivity contribution < 1.29 is 33.8 Å². The maximum Gasteiger partial charge on any atom is 0.408 e. The molecule has 3 N–H and O–H groups in total. The molecular formula is C23H31N3O7. The summed E-state index contributed by atoms with van der Waals surface area (Å²) in [5, 5.41) is 15.2. The topological polar surface area (TPSA) is 134 Å². The van der Waals surface area contributed by atoms with Crippen molar-refractivity contribution in [2.24, 2.45) is 0 Å². The quantitative estimate of drug-likeness (QED) is 0.290. The van der Waals surface area contributed by atoms with Gasteiger partial charge in [-0.2, -0.15) is 0 Å². The number of benzene rings is 1. The van der Waals surface area contributed by atoms with Crippen LogP contribution in [0.5, 0.6) is 5.75 Å². The molecule has 180 valence electrons. The summed E-state index contributed by atoms with van der Waals surface area (Å²) >= 11 is 0. The second kappa shape index (κ2) is 12.3. The molecule has 0 fully saturated rings. The van der Waals surface area contributed by atoms with Gasteiger partial charge in [-0.3, -0.25) is 19.3 Å². The Morgan fingerprint density at radius 2 is 1.85 bits per heavy atom. The molecule has 0 saturated carbocycles. The second-order valence-electron chi connectivity index (χ2n) is 8.01. The third kappa shape index (κ3) is 8.73. The number of esters is 1. The Balaban J connectivity index is 3.11. The standard InChI is InChI=1S/C23H31N3O7/c1-7-26(21(30)15(3)25-22(31)33-23(4,5)6)19(16-11-9-10-12-17(16)27)20(29)24-14-13-18(28)32-8-2/h1,9-12,15,19,27H,8,13-14H2,2-6H3,(H,24,29)(H,25,31). The van der Waals surface area contributed by atoms with E-state index < -0.39 is 41.6 Å². The third-order valence-electron chi connectivity index (χ3n) is 4.15. The summed E-state index contributed by atoms with van der Waals surface area (Å²) < 4.78 is 9.96. The molecule has 0 spiro atoms. The van der Waals surface area contributed by atoms with Crippen LogP contribution in [0.4, 0.5) is 4.79 Å². The van der Waals surface area contributed by atoms with Crippen LogP contribution >= 0.6 is 0 Å². The lowest BCUT2D eigenvalue weighted by Crippen LogP contribution is -2.50. The van der Waals surface area contributed by atoms with Gasteiger partial charge in [-0.05, 0) is 40.7 Å². The average Bonchev–Trinajstić information content (AvgIpc) is 2.70. The van der Waals surface area contributed by atoms with Crippen molar-refractivity contribution in [1.29, 1.82) is 0 Å². The van der Waals surface area contributed by atoms with Gasteiger partial charge in [0.05, 0.1) is 13.0 Å². The molecule has 10 heteroatoms. The number of nitrogens with zero attached hydrogens (tertiary/aromatic N) is 1. The Morgan fingerprint density at radius 3 is 2.39 bits per heavy atom. The molecule has 33 heavy (non-hydrogen) atoms. The highest BCUT2D eigenvalue weighted by molar-refractivity contribution is 5.93. The van der Waals surface area contributed by atoms with Gasteiger partial charge in [-0.15, -0.1) is 0 Å². The molecule has 2 unspecified atom stereocenters.